The van der Waals surface area contributed by atoms with Crippen molar-refractivity contribution in [1.82, 2.24) is 0 Å². The third kappa shape index (κ3) is 8.64. The fourth-order valence-electron chi connectivity index (χ4n) is 2.55. The molecular formula is C16H27Br5O. The molecule has 0 heterocycles. The number of ether oxygens (including phenoxy) is 1. The highest BCUT2D eigenvalue weighted by molar-refractivity contribution is 9.12. The van der Waals surface area contributed by atoms with E-state index in [9.17, 15) is 0 Å². The monoisotopic (exact) mass is 630 g/mol. The maximum absolute atomic E-state index is 6.20. The van der Waals surface area contributed by atoms with E-state index in [2.05, 4.69) is 93.5 Å². The molecule has 0 aromatic heterocycles. The topological polar surface area (TPSA) is 9.23 Å². The third-order valence-corrected chi connectivity index (χ3v) is 10.8. The molecule has 1 aliphatic carbocycles. The van der Waals surface area contributed by atoms with Gasteiger partial charge in [0.25, 0.3) is 0 Å². The highest BCUT2D eigenvalue weighted by Gasteiger charge is 2.27. The van der Waals surface area contributed by atoms with Crippen molar-refractivity contribution < 1.29 is 4.74 Å². The SMILES string of the molecule is CC(C)COC1CC[C@@H](Br)[C@@H](Br)CC[C@@H](Br)[C@@H](Br)CC[C@H]1Br. The largest absolute Gasteiger partial charge is 0.377 e. The van der Waals surface area contributed by atoms with Crippen LogP contribution in [0, 0.1) is 5.92 Å². The Morgan fingerprint density at radius 2 is 1.05 bits per heavy atom. The fourth-order valence-corrected chi connectivity index (χ4v) is 5.35. The van der Waals surface area contributed by atoms with Crippen LogP contribution in [0.1, 0.15) is 52.4 Å². The summed E-state index contributed by atoms with van der Waals surface area (Å²) in [7, 11) is 0. The normalized spacial score (nSPS) is 39.3. The van der Waals surface area contributed by atoms with Crippen molar-refractivity contribution in [2.75, 3.05) is 6.61 Å². The van der Waals surface area contributed by atoms with Crippen LogP contribution in [0.4, 0.5) is 0 Å². The Labute approximate surface area is 178 Å². The van der Waals surface area contributed by atoms with Crippen molar-refractivity contribution in [3.8, 4) is 0 Å². The van der Waals surface area contributed by atoms with Gasteiger partial charge >= 0.3 is 0 Å². The molecule has 0 aliphatic heterocycles. The lowest BCUT2D eigenvalue weighted by atomic mass is 9.99. The van der Waals surface area contributed by atoms with Crippen LogP contribution in [0.3, 0.4) is 0 Å². The van der Waals surface area contributed by atoms with Gasteiger partial charge in [0.05, 0.1) is 6.10 Å². The second-order valence-electron chi connectivity index (χ2n) is 6.58. The van der Waals surface area contributed by atoms with Gasteiger partial charge in [0, 0.05) is 30.7 Å². The van der Waals surface area contributed by atoms with Crippen LogP contribution in [0.25, 0.3) is 0 Å². The number of alkyl halides is 5. The molecular weight excluding hydrogens is 608 g/mol. The molecule has 22 heavy (non-hydrogen) atoms. The summed E-state index contributed by atoms with van der Waals surface area (Å²) < 4.78 is 6.20. The Hall–Kier alpha value is 2.36. The first-order chi connectivity index (χ1) is 10.3. The Balaban J connectivity index is 2.69. The van der Waals surface area contributed by atoms with E-state index in [-0.39, 0.29) is 0 Å². The van der Waals surface area contributed by atoms with Gasteiger partial charge in [0.1, 0.15) is 0 Å². The first-order valence-corrected chi connectivity index (χ1v) is 12.7. The van der Waals surface area contributed by atoms with Crippen molar-refractivity contribution in [1.29, 1.82) is 0 Å². The van der Waals surface area contributed by atoms with Crippen LogP contribution in [0.15, 0.2) is 0 Å². The van der Waals surface area contributed by atoms with Gasteiger partial charge in [0.15, 0.2) is 0 Å². The summed E-state index contributed by atoms with van der Waals surface area (Å²) in [6, 6.07) is 0. The van der Waals surface area contributed by atoms with Crippen LogP contribution < -0.4 is 0 Å². The van der Waals surface area contributed by atoms with Gasteiger partial charge in [-0.1, -0.05) is 93.5 Å². The van der Waals surface area contributed by atoms with Crippen molar-refractivity contribution in [3.63, 3.8) is 0 Å². The van der Waals surface area contributed by atoms with Crippen LogP contribution in [0.2, 0.25) is 0 Å². The smallest absolute Gasteiger partial charge is 0.0700 e. The molecule has 6 atom stereocenters. The predicted octanol–water partition coefficient (Wildman–Crippen LogP) is 7.20. The van der Waals surface area contributed by atoms with E-state index in [1.54, 1.807) is 0 Å². The zero-order valence-corrected chi connectivity index (χ0v) is 21.2. The van der Waals surface area contributed by atoms with Gasteiger partial charge in [-0.05, 0) is 44.4 Å². The zero-order valence-electron chi connectivity index (χ0n) is 13.3. The third-order valence-electron chi connectivity index (χ3n) is 4.00. The summed E-state index contributed by atoms with van der Waals surface area (Å²) in [4.78, 5) is 2.50. The van der Waals surface area contributed by atoms with E-state index >= 15 is 0 Å². The summed E-state index contributed by atoms with van der Waals surface area (Å²) >= 11 is 19.3. The molecule has 1 unspecified atom stereocenters. The van der Waals surface area contributed by atoms with Crippen molar-refractivity contribution in [2.45, 2.75) is 82.6 Å². The lowest BCUT2D eigenvalue weighted by molar-refractivity contribution is 0.0278. The second-order valence-corrected chi connectivity index (χ2v) is 12.5. The van der Waals surface area contributed by atoms with E-state index in [1.165, 1.54) is 12.8 Å². The van der Waals surface area contributed by atoms with Crippen LogP contribution >= 0.6 is 79.6 Å². The molecule has 1 nitrogen and oxygen atoms in total. The molecule has 1 fully saturated rings. The summed E-state index contributed by atoms with van der Waals surface area (Å²) in [6.45, 7) is 5.27. The summed E-state index contributed by atoms with van der Waals surface area (Å²) in [5.74, 6) is 0.584. The van der Waals surface area contributed by atoms with Crippen LogP contribution in [0.5, 0.6) is 0 Å². The highest BCUT2D eigenvalue weighted by Crippen LogP contribution is 2.33. The molecule has 0 aromatic rings. The number of hydrogen-bond acceptors (Lipinski definition) is 1. The molecule has 0 aromatic carbocycles. The molecule has 0 spiro atoms. The first-order valence-electron chi connectivity index (χ1n) is 8.13. The van der Waals surface area contributed by atoms with Gasteiger partial charge in [-0.2, -0.15) is 0 Å². The van der Waals surface area contributed by atoms with E-state index in [0.717, 1.165) is 32.3 Å². The summed E-state index contributed by atoms with van der Waals surface area (Å²) in [6.07, 6.45) is 7.23. The van der Waals surface area contributed by atoms with E-state index in [1.807, 2.05) is 0 Å². The minimum Gasteiger partial charge on any atom is -0.377 e. The molecule has 1 aliphatic rings. The maximum atomic E-state index is 6.20. The van der Waals surface area contributed by atoms with Crippen LogP contribution in [-0.2, 0) is 4.74 Å². The number of halogens is 5. The van der Waals surface area contributed by atoms with E-state index < -0.39 is 0 Å². The van der Waals surface area contributed by atoms with Crippen molar-refractivity contribution in [3.05, 3.63) is 0 Å². The minimum atomic E-state index is 0.301. The van der Waals surface area contributed by atoms with Gasteiger partial charge in [-0.3, -0.25) is 0 Å². The Morgan fingerprint density at radius 3 is 1.45 bits per heavy atom. The molecule has 1 rings (SSSR count). The fraction of sp³-hybridized carbons (Fsp3) is 1.00. The lowest BCUT2D eigenvalue weighted by Gasteiger charge is -2.29. The lowest BCUT2D eigenvalue weighted by Crippen LogP contribution is -2.30. The van der Waals surface area contributed by atoms with E-state index in [4.69, 9.17) is 4.74 Å². The van der Waals surface area contributed by atoms with Gasteiger partial charge in [0.2, 0.25) is 0 Å². The number of rotatable bonds is 3. The van der Waals surface area contributed by atoms with Crippen molar-refractivity contribution >= 4 is 79.6 Å². The molecule has 0 saturated heterocycles. The molecule has 0 bridgehead atoms. The molecule has 1 saturated carbocycles. The Bertz CT molecular complexity index is 302. The average molecular weight is 635 g/mol. The highest BCUT2D eigenvalue weighted by atomic mass is 79.9. The molecule has 0 radical (unpaired) electrons. The quantitative estimate of drug-likeness (QED) is 0.299. The van der Waals surface area contributed by atoms with Crippen molar-refractivity contribution in [2.24, 2.45) is 5.92 Å². The maximum Gasteiger partial charge on any atom is 0.0700 e. The molecule has 132 valence electrons. The Morgan fingerprint density at radius 1 is 0.682 bits per heavy atom. The molecule has 6 heteroatoms. The second kappa shape index (κ2) is 11.9. The zero-order chi connectivity index (χ0) is 16.7. The number of hydrogen-bond donors (Lipinski definition) is 0. The van der Waals surface area contributed by atoms with Gasteiger partial charge in [-0.15, -0.1) is 0 Å². The average Bonchev–Trinajstić information content (AvgIpc) is 2.47. The standard InChI is InChI=1S/C16H27Br5O/c1-10(2)9-22-16-8-7-14(20)12(18)4-3-11(17)13(19)5-6-15(16)21/h10-16H,3-9H2,1-2H3/t11-,12+,13+,14-,15-,16?/m1/s1. The molecule has 0 N–H and O–H groups in total. The van der Waals surface area contributed by atoms with Crippen LogP contribution in [-0.4, -0.2) is 36.8 Å². The van der Waals surface area contributed by atoms with Gasteiger partial charge < -0.3 is 4.74 Å². The summed E-state index contributed by atoms with van der Waals surface area (Å²) in [5.41, 5.74) is 0. The molecule has 0 amide bonds. The summed E-state index contributed by atoms with van der Waals surface area (Å²) in [5, 5.41) is 0. The predicted molar refractivity (Wildman–Crippen MR) is 116 cm³/mol. The van der Waals surface area contributed by atoms with Gasteiger partial charge in [-0.25, -0.2) is 0 Å². The first kappa shape index (κ1) is 22.4. The minimum absolute atomic E-state index is 0.301. The Kier molecular flexibility index (Phi) is 12.1. The van der Waals surface area contributed by atoms with E-state index in [0.29, 0.717) is 36.2 Å².